The summed E-state index contributed by atoms with van der Waals surface area (Å²) in [5.74, 6) is 1.19. The van der Waals surface area contributed by atoms with Crippen molar-refractivity contribution in [2.24, 2.45) is 5.92 Å². The van der Waals surface area contributed by atoms with E-state index in [0.717, 1.165) is 10.8 Å². The van der Waals surface area contributed by atoms with E-state index in [1.165, 1.54) is 0 Å². The Balaban J connectivity index is 2.41. The van der Waals surface area contributed by atoms with Crippen molar-refractivity contribution in [2.45, 2.75) is 11.9 Å². The summed E-state index contributed by atoms with van der Waals surface area (Å²) in [6, 6.07) is 3.71. The molecule has 1 atom stereocenters. The van der Waals surface area contributed by atoms with Gasteiger partial charge in [-0.1, -0.05) is 18.5 Å². The molecule has 0 saturated heterocycles. The number of hydrogen-bond acceptors (Lipinski definition) is 3. The van der Waals surface area contributed by atoms with Crippen LogP contribution in [0.5, 0.6) is 0 Å². The van der Waals surface area contributed by atoms with E-state index in [1.54, 1.807) is 18.0 Å². The van der Waals surface area contributed by atoms with E-state index >= 15 is 0 Å². The summed E-state index contributed by atoms with van der Waals surface area (Å²) in [6.45, 7) is 2.23. The molecule has 0 aliphatic rings. The van der Waals surface area contributed by atoms with Crippen molar-refractivity contribution in [3.05, 3.63) is 23.4 Å². The zero-order valence-corrected chi connectivity index (χ0v) is 8.98. The largest absolute Gasteiger partial charge is 0.396 e. The highest BCUT2D eigenvalue weighted by molar-refractivity contribution is 7.99. The molecule has 13 heavy (non-hydrogen) atoms. The zero-order valence-electron chi connectivity index (χ0n) is 7.40. The van der Waals surface area contributed by atoms with Gasteiger partial charge in [-0.25, -0.2) is 4.98 Å². The molecule has 1 unspecified atom stereocenters. The van der Waals surface area contributed by atoms with Crippen LogP contribution >= 0.6 is 23.4 Å². The number of rotatable bonds is 4. The summed E-state index contributed by atoms with van der Waals surface area (Å²) in [5, 5.41) is 10.4. The first-order valence-corrected chi connectivity index (χ1v) is 5.44. The Morgan fingerprint density at radius 3 is 2.92 bits per heavy atom. The molecule has 4 heteroatoms. The van der Waals surface area contributed by atoms with Crippen LogP contribution in [0, 0.1) is 5.92 Å². The lowest BCUT2D eigenvalue weighted by atomic mass is 10.2. The van der Waals surface area contributed by atoms with Crippen LogP contribution < -0.4 is 0 Å². The van der Waals surface area contributed by atoms with Crippen LogP contribution in [0.25, 0.3) is 0 Å². The van der Waals surface area contributed by atoms with Crippen LogP contribution in [0.2, 0.25) is 5.02 Å². The van der Waals surface area contributed by atoms with Gasteiger partial charge in [-0.2, -0.15) is 0 Å². The Kier molecular flexibility index (Phi) is 4.56. The van der Waals surface area contributed by atoms with Crippen molar-refractivity contribution >= 4 is 23.4 Å². The number of hydrogen-bond donors (Lipinski definition) is 1. The monoisotopic (exact) mass is 217 g/mol. The fourth-order valence-electron chi connectivity index (χ4n) is 0.728. The lowest BCUT2D eigenvalue weighted by Gasteiger charge is -2.05. The van der Waals surface area contributed by atoms with Crippen molar-refractivity contribution in [1.29, 1.82) is 0 Å². The normalized spacial score (nSPS) is 12.8. The van der Waals surface area contributed by atoms with Crippen molar-refractivity contribution < 1.29 is 5.11 Å². The summed E-state index contributed by atoms with van der Waals surface area (Å²) in [6.07, 6.45) is 1.63. The van der Waals surface area contributed by atoms with Crippen molar-refractivity contribution in [3.8, 4) is 0 Å². The van der Waals surface area contributed by atoms with Crippen LogP contribution in [0.3, 0.4) is 0 Å². The molecule has 0 spiro atoms. The molecule has 0 amide bonds. The van der Waals surface area contributed by atoms with E-state index in [-0.39, 0.29) is 6.61 Å². The molecule has 0 aliphatic heterocycles. The number of nitrogens with zero attached hydrogens (tertiary/aromatic N) is 1. The van der Waals surface area contributed by atoms with Crippen LogP contribution in [0.4, 0.5) is 0 Å². The molecular weight excluding hydrogens is 206 g/mol. The smallest absolute Gasteiger partial charge is 0.0961 e. The van der Waals surface area contributed by atoms with E-state index < -0.39 is 0 Å². The van der Waals surface area contributed by atoms with Crippen LogP contribution in [0.15, 0.2) is 23.4 Å². The van der Waals surface area contributed by atoms with Gasteiger partial charge in [-0.15, -0.1) is 11.8 Å². The SMILES string of the molecule is CC(CO)CSc1ccc(Cl)cn1. The molecule has 2 nitrogen and oxygen atoms in total. The molecule has 1 rings (SSSR count). The van der Waals surface area contributed by atoms with E-state index in [1.807, 2.05) is 19.1 Å². The maximum absolute atomic E-state index is 8.80. The Morgan fingerprint density at radius 2 is 2.38 bits per heavy atom. The highest BCUT2D eigenvalue weighted by Crippen LogP contribution is 2.19. The van der Waals surface area contributed by atoms with E-state index in [0.29, 0.717) is 10.9 Å². The molecule has 0 aliphatic carbocycles. The Bertz CT molecular complexity index is 252. The predicted molar refractivity (Wildman–Crippen MR) is 56.2 cm³/mol. The van der Waals surface area contributed by atoms with Gasteiger partial charge in [0.05, 0.1) is 10.0 Å². The van der Waals surface area contributed by atoms with Gasteiger partial charge < -0.3 is 5.11 Å². The third kappa shape index (κ3) is 3.98. The standard InChI is InChI=1S/C9H12ClNOS/c1-7(5-12)6-13-9-3-2-8(10)4-11-9/h2-4,7,12H,5-6H2,1H3. The summed E-state index contributed by atoms with van der Waals surface area (Å²) < 4.78 is 0. The topological polar surface area (TPSA) is 33.1 Å². The third-order valence-electron chi connectivity index (χ3n) is 1.53. The molecule has 0 radical (unpaired) electrons. The lowest BCUT2D eigenvalue weighted by Crippen LogP contribution is -2.03. The summed E-state index contributed by atoms with van der Waals surface area (Å²) in [4.78, 5) is 4.13. The number of pyridine rings is 1. The van der Waals surface area contributed by atoms with Crippen LogP contribution in [-0.4, -0.2) is 22.5 Å². The fraction of sp³-hybridized carbons (Fsp3) is 0.444. The average Bonchev–Trinajstić information content (AvgIpc) is 2.16. The Morgan fingerprint density at radius 1 is 1.62 bits per heavy atom. The molecule has 1 aromatic heterocycles. The van der Waals surface area contributed by atoms with Crippen molar-refractivity contribution in [1.82, 2.24) is 4.98 Å². The Hall–Kier alpha value is -0.250. The minimum atomic E-state index is 0.223. The molecule has 1 aromatic rings. The van der Waals surface area contributed by atoms with Gasteiger partial charge in [0.1, 0.15) is 0 Å². The number of aliphatic hydroxyl groups is 1. The second kappa shape index (κ2) is 5.47. The Labute approximate surface area is 87.3 Å². The molecule has 1 heterocycles. The number of halogens is 1. The molecule has 0 fully saturated rings. The summed E-state index contributed by atoms with van der Waals surface area (Å²) in [7, 11) is 0. The molecule has 1 N–H and O–H groups in total. The van der Waals surface area contributed by atoms with Gasteiger partial charge in [-0.3, -0.25) is 0 Å². The highest BCUT2D eigenvalue weighted by Gasteiger charge is 2.01. The first-order chi connectivity index (χ1) is 6.22. The highest BCUT2D eigenvalue weighted by atomic mass is 35.5. The molecule has 0 bridgehead atoms. The first kappa shape index (κ1) is 10.8. The molecule has 72 valence electrons. The summed E-state index contributed by atoms with van der Waals surface area (Å²) in [5.41, 5.74) is 0. The van der Waals surface area contributed by atoms with Crippen LogP contribution in [0.1, 0.15) is 6.92 Å². The van der Waals surface area contributed by atoms with Gasteiger partial charge in [0.2, 0.25) is 0 Å². The molecular formula is C9H12ClNOS. The lowest BCUT2D eigenvalue weighted by molar-refractivity contribution is 0.250. The van der Waals surface area contributed by atoms with Crippen LogP contribution in [-0.2, 0) is 0 Å². The summed E-state index contributed by atoms with van der Waals surface area (Å²) >= 11 is 7.32. The van der Waals surface area contributed by atoms with Crippen molar-refractivity contribution in [2.75, 3.05) is 12.4 Å². The second-order valence-corrected chi connectivity index (χ2v) is 4.39. The fourth-order valence-corrected chi connectivity index (χ4v) is 1.69. The minimum Gasteiger partial charge on any atom is -0.396 e. The van der Waals surface area contributed by atoms with Gasteiger partial charge >= 0.3 is 0 Å². The van der Waals surface area contributed by atoms with Gasteiger partial charge in [0.25, 0.3) is 0 Å². The van der Waals surface area contributed by atoms with E-state index in [4.69, 9.17) is 16.7 Å². The van der Waals surface area contributed by atoms with Gasteiger partial charge in [0, 0.05) is 18.6 Å². The zero-order chi connectivity index (χ0) is 9.68. The third-order valence-corrected chi connectivity index (χ3v) is 3.02. The van der Waals surface area contributed by atoms with E-state index in [9.17, 15) is 0 Å². The number of aromatic nitrogens is 1. The minimum absolute atomic E-state index is 0.223. The quantitative estimate of drug-likeness (QED) is 0.787. The van der Waals surface area contributed by atoms with Crippen molar-refractivity contribution in [3.63, 3.8) is 0 Å². The maximum Gasteiger partial charge on any atom is 0.0961 e. The number of thioether (sulfide) groups is 1. The second-order valence-electron chi connectivity index (χ2n) is 2.91. The average molecular weight is 218 g/mol. The maximum atomic E-state index is 8.80. The van der Waals surface area contributed by atoms with Gasteiger partial charge in [0.15, 0.2) is 0 Å². The first-order valence-electron chi connectivity index (χ1n) is 4.07. The van der Waals surface area contributed by atoms with E-state index in [2.05, 4.69) is 4.98 Å². The number of aliphatic hydroxyl groups excluding tert-OH is 1. The van der Waals surface area contributed by atoms with Gasteiger partial charge in [-0.05, 0) is 18.1 Å². The molecule has 0 aromatic carbocycles. The predicted octanol–water partition coefficient (Wildman–Crippen LogP) is 2.46. The molecule has 0 saturated carbocycles.